The molecule has 0 saturated heterocycles. The van der Waals surface area contributed by atoms with Crippen molar-refractivity contribution in [3.8, 4) is 17.2 Å². The number of allylic oxidation sites excluding steroid dienone is 2. The zero-order chi connectivity index (χ0) is 22.8. The van der Waals surface area contributed by atoms with Crippen LogP contribution in [0.15, 0.2) is 42.5 Å². The maximum absolute atomic E-state index is 12.0. The van der Waals surface area contributed by atoms with Crippen LogP contribution in [0.1, 0.15) is 24.5 Å². The molecule has 1 amide bonds. The summed E-state index contributed by atoms with van der Waals surface area (Å²) in [7, 11) is 4.73. The van der Waals surface area contributed by atoms with Crippen molar-refractivity contribution >= 4 is 17.2 Å². The number of hydrogen-bond donors (Lipinski definition) is 2. The van der Waals surface area contributed by atoms with Crippen molar-refractivity contribution in [3.63, 3.8) is 0 Å². The van der Waals surface area contributed by atoms with E-state index in [-0.39, 0.29) is 11.9 Å². The molecule has 1 aromatic heterocycles. The van der Waals surface area contributed by atoms with Gasteiger partial charge in [0.1, 0.15) is 18.8 Å². The van der Waals surface area contributed by atoms with Gasteiger partial charge >= 0.3 is 0 Å². The number of hydrogen-bond acceptors (Lipinski definition) is 7. The van der Waals surface area contributed by atoms with Crippen LogP contribution in [0.4, 0.5) is 0 Å². The van der Waals surface area contributed by atoms with Gasteiger partial charge in [0, 0.05) is 12.5 Å². The summed E-state index contributed by atoms with van der Waals surface area (Å²) in [6.45, 7) is 1.49. The van der Waals surface area contributed by atoms with Crippen molar-refractivity contribution in [2.45, 2.75) is 31.9 Å². The first-order valence-corrected chi connectivity index (χ1v) is 10.2. The third-order valence-electron chi connectivity index (χ3n) is 5.69. The van der Waals surface area contributed by atoms with Crippen molar-refractivity contribution in [1.29, 1.82) is 0 Å². The van der Waals surface area contributed by atoms with E-state index in [2.05, 4.69) is 15.4 Å². The minimum atomic E-state index is -0.954. The highest BCUT2D eigenvalue weighted by Crippen LogP contribution is 2.49. The Balaban J connectivity index is 1.98. The van der Waals surface area contributed by atoms with Crippen LogP contribution in [-0.4, -0.2) is 59.3 Å². The van der Waals surface area contributed by atoms with E-state index >= 15 is 0 Å². The van der Waals surface area contributed by atoms with Crippen molar-refractivity contribution in [1.82, 2.24) is 20.1 Å². The Kier molecular flexibility index (Phi) is 6.00. The van der Waals surface area contributed by atoms with E-state index in [1.807, 2.05) is 12.1 Å². The fourth-order valence-corrected chi connectivity index (χ4v) is 4.34. The average Bonchev–Trinajstić information content (AvgIpc) is 3.20. The smallest absolute Gasteiger partial charge is 0.217 e. The summed E-state index contributed by atoms with van der Waals surface area (Å²) >= 11 is 0. The van der Waals surface area contributed by atoms with E-state index in [0.717, 1.165) is 22.3 Å². The maximum Gasteiger partial charge on any atom is 0.217 e. The number of carbonyl (C=O) groups is 1. The van der Waals surface area contributed by atoms with Crippen LogP contribution >= 0.6 is 0 Å². The predicted octanol–water partition coefficient (Wildman–Crippen LogP) is 1.98. The molecule has 0 radical (unpaired) electrons. The van der Waals surface area contributed by atoms with Crippen LogP contribution in [0.3, 0.4) is 0 Å². The van der Waals surface area contributed by atoms with E-state index < -0.39 is 6.10 Å². The van der Waals surface area contributed by atoms with Crippen molar-refractivity contribution in [3.05, 3.63) is 53.6 Å². The third kappa shape index (κ3) is 3.75. The topological polar surface area (TPSA) is 108 Å². The van der Waals surface area contributed by atoms with Crippen LogP contribution in [0.2, 0.25) is 0 Å². The van der Waals surface area contributed by atoms with Gasteiger partial charge in [-0.25, -0.2) is 9.67 Å². The SMILES string of the molecule is COc1cc2c(c(OC)c1OC)C1=CC=C(n3cncn3)[C@@H](O)C=C1[C@@H](NC(C)=O)CC2. The molecule has 0 unspecified atom stereocenters. The van der Waals surface area contributed by atoms with Gasteiger partial charge in [0.05, 0.1) is 33.1 Å². The van der Waals surface area contributed by atoms with Crippen LogP contribution in [0, 0.1) is 0 Å². The van der Waals surface area contributed by atoms with E-state index in [4.69, 9.17) is 14.2 Å². The Morgan fingerprint density at radius 1 is 1.19 bits per heavy atom. The molecule has 0 aliphatic heterocycles. The fraction of sp³-hybridized carbons (Fsp3) is 0.348. The Bertz CT molecular complexity index is 1120. The molecule has 168 valence electrons. The number of ether oxygens (including phenoxy) is 3. The van der Waals surface area contributed by atoms with Gasteiger partial charge in [-0.15, -0.1) is 0 Å². The lowest BCUT2D eigenvalue weighted by atomic mass is 9.91. The summed E-state index contributed by atoms with van der Waals surface area (Å²) < 4.78 is 18.5. The fourth-order valence-electron chi connectivity index (χ4n) is 4.34. The summed E-state index contributed by atoms with van der Waals surface area (Å²) in [4.78, 5) is 16.0. The molecule has 0 spiro atoms. The molecule has 0 fully saturated rings. The first-order chi connectivity index (χ1) is 15.5. The summed E-state index contributed by atoms with van der Waals surface area (Å²) in [6, 6.07) is 1.64. The molecule has 1 aromatic carbocycles. The van der Waals surface area contributed by atoms with Gasteiger partial charge in [0.25, 0.3) is 0 Å². The van der Waals surface area contributed by atoms with Gasteiger partial charge in [0.2, 0.25) is 11.7 Å². The molecule has 4 rings (SSSR count). The molecule has 2 atom stereocenters. The minimum absolute atomic E-state index is 0.147. The summed E-state index contributed by atoms with van der Waals surface area (Å²) in [5.74, 6) is 1.44. The summed E-state index contributed by atoms with van der Waals surface area (Å²) in [5.41, 5.74) is 3.99. The number of fused-ring (bicyclic) bond motifs is 3. The highest BCUT2D eigenvalue weighted by Gasteiger charge is 2.33. The number of aryl methyl sites for hydroxylation is 1. The Labute approximate surface area is 186 Å². The minimum Gasteiger partial charge on any atom is -0.493 e. The Hall–Kier alpha value is -3.59. The molecule has 2 aliphatic carbocycles. The van der Waals surface area contributed by atoms with E-state index in [0.29, 0.717) is 35.8 Å². The van der Waals surface area contributed by atoms with Crippen LogP contribution in [-0.2, 0) is 11.2 Å². The van der Waals surface area contributed by atoms with Crippen LogP contribution in [0.5, 0.6) is 17.2 Å². The van der Waals surface area contributed by atoms with Gasteiger partial charge in [-0.3, -0.25) is 4.79 Å². The number of rotatable bonds is 5. The largest absolute Gasteiger partial charge is 0.493 e. The number of aliphatic hydroxyl groups excluding tert-OH is 1. The molecular formula is C23H26N4O5. The zero-order valence-corrected chi connectivity index (χ0v) is 18.5. The maximum atomic E-state index is 12.0. The molecule has 0 saturated carbocycles. The molecule has 32 heavy (non-hydrogen) atoms. The highest BCUT2D eigenvalue weighted by atomic mass is 16.5. The molecule has 9 nitrogen and oxygen atoms in total. The van der Waals surface area contributed by atoms with Gasteiger partial charge < -0.3 is 24.6 Å². The first-order valence-electron chi connectivity index (χ1n) is 10.2. The second-order valence-corrected chi connectivity index (χ2v) is 7.55. The lowest BCUT2D eigenvalue weighted by Crippen LogP contribution is -2.35. The van der Waals surface area contributed by atoms with Crippen molar-refractivity contribution < 1.29 is 24.1 Å². The molecule has 2 N–H and O–H groups in total. The normalized spacial score (nSPS) is 19.8. The lowest BCUT2D eigenvalue weighted by molar-refractivity contribution is -0.119. The highest BCUT2D eigenvalue weighted by molar-refractivity contribution is 5.91. The Morgan fingerprint density at radius 2 is 1.97 bits per heavy atom. The number of carbonyl (C=O) groups excluding carboxylic acids is 1. The van der Waals surface area contributed by atoms with Crippen LogP contribution in [0.25, 0.3) is 11.3 Å². The number of aromatic nitrogens is 3. The average molecular weight is 438 g/mol. The van der Waals surface area contributed by atoms with E-state index in [1.54, 1.807) is 33.5 Å². The number of benzene rings is 1. The lowest BCUT2D eigenvalue weighted by Gasteiger charge is -2.23. The summed E-state index contributed by atoms with van der Waals surface area (Å²) in [5, 5.41) is 18.2. The number of nitrogens with one attached hydrogen (secondary N) is 1. The van der Waals surface area contributed by atoms with Crippen molar-refractivity contribution in [2.24, 2.45) is 0 Å². The van der Waals surface area contributed by atoms with Gasteiger partial charge in [-0.2, -0.15) is 5.10 Å². The number of amides is 1. The Morgan fingerprint density at radius 3 is 2.59 bits per heavy atom. The molecule has 2 aromatic rings. The quantitative estimate of drug-likeness (QED) is 0.735. The number of aliphatic hydroxyl groups is 1. The number of nitrogens with zero attached hydrogens (tertiary/aromatic N) is 3. The monoisotopic (exact) mass is 438 g/mol. The van der Waals surface area contributed by atoms with Crippen molar-refractivity contribution in [2.75, 3.05) is 21.3 Å². The standard InChI is InChI=1S/C23H26N4O5/c1-13(28)26-17-7-5-14-9-20(30-2)22(31-3)23(32-4)21(14)15-6-8-18(19(29)10-16(15)17)27-12-24-11-25-27/h6,8-12,17,19,29H,5,7H2,1-4H3,(H,26,28)/t17-,19-/m0/s1. The van der Waals surface area contributed by atoms with Gasteiger partial charge in [-0.05, 0) is 47.8 Å². The van der Waals surface area contributed by atoms with E-state index in [1.165, 1.54) is 24.3 Å². The zero-order valence-electron chi connectivity index (χ0n) is 18.5. The number of methoxy groups -OCH3 is 3. The third-order valence-corrected chi connectivity index (χ3v) is 5.69. The molecule has 0 bridgehead atoms. The molecular weight excluding hydrogens is 412 g/mol. The summed E-state index contributed by atoms with van der Waals surface area (Å²) in [6.07, 6.45) is 8.75. The van der Waals surface area contributed by atoms with Gasteiger partial charge in [-0.1, -0.05) is 6.08 Å². The first kappa shape index (κ1) is 21.6. The second kappa shape index (κ2) is 8.88. The van der Waals surface area contributed by atoms with E-state index in [9.17, 15) is 9.90 Å². The van der Waals surface area contributed by atoms with Gasteiger partial charge in [0.15, 0.2) is 11.5 Å². The second-order valence-electron chi connectivity index (χ2n) is 7.55. The molecule has 9 heteroatoms. The molecule has 1 heterocycles. The predicted molar refractivity (Wildman–Crippen MR) is 118 cm³/mol. The van der Waals surface area contributed by atoms with Crippen LogP contribution < -0.4 is 19.5 Å². The molecule has 2 aliphatic rings.